The largest absolute Gasteiger partial charge is 0.494 e. The Morgan fingerprint density at radius 3 is 2.31 bits per heavy atom. The zero-order chi connectivity index (χ0) is 25.1. The van der Waals surface area contributed by atoms with Crippen molar-refractivity contribution < 1.29 is 19.1 Å². The maximum absolute atomic E-state index is 13.2. The number of nitrogens with zero attached hydrogens (tertiary/aromatic N) is 1. The first-order valence-electron chi connectivity index (χ1n) is 12.3. The van der Waals surface area contributed by atoms with Gasteiger partial charge in [-0.15, -0.1) is 0 Å². The molecule has 184 valence electrons. The molecule has 1 fully saturated rings. The van der Waals surface area contributed by atoms with Crippen molar-refractivity contribution in [3.8, 4) is 5.75 Å². The van der Waals surface area contributed by atoms with E-state index in [9.17, 15) is 14.4 Å². The zero-order valence-corrected chi connectivity index (χ0v) is 20.1. The van der Waals surface area contributed by atoms with E-state index < -0.39 is 6.04 Å². The second kappa shape index (κ2) is 10.2. The number of carbonyl (C=O) groups is 3. The van der Waals surface area contributed by atoms with E-state index in [1.807, 2.05) is 73.7 Å². The number of amides is 3. The third-order valence-electron chi connectivity index (χ3n) is 6.57. The van der Waals surface area contributed by atoms with E-state index in [0.29, 0.717) is 17.7 Å². The van der Waals surface area contributed by atoms with Gasteiger partial charge in [0.05, 0.1) is 19.2 Å². The fourth-order valence-electron chi connectivity index (χ4n) is 4.74. The Labute approximate surface area is 210 Å². The van der Waals surface area contributed by atoms with E-state index in [1.165, 1.54) is 0 Å². The molecule has 3 amide bonds. The zero-order valence-electron chi connectivity index (χ0n) is 20.1. The molecule has 1 heterocycles. The van der Waals surface area contributed by atoms with Crippen molar-refractivity contribution in [2.24, 2.45) is 0 Å². The third kappa shape index (κ3) is 4.82. The number of fused-ring (bicyclic) bond motifs is 1. The molecule has 1 aliphatic heterocycles. The van der Waals surface area contributed by atoms with Crippen LogP contribution in [0.3, 0.4) is 0 Å². The molecule has 0 spiro atoms. The molecule has 2 atom stereocenters. The Hall–Kier alpha value is -4.13. The topological polar surface area (TPSA) is 87.7 Å². The molecule has 5 rings (SSSR count). The van der Waals surface area contributed by atoms with Gasteiger partial charge in [-0.2, -0.15) is 0 Å². The Morgan fingerprint density at radius 1 is 0.944 bits per heavy atom. The molecule has 1 aliphatic carbocycles. The van der Waals surface area contributed by atoms with Crippen molar-refractivity contribution in [3.05, 3.63) is 101 Å². The lowest BCUT2D eigenvalue weighted by Gasteiger charge is -2.25. The Balaban J connectivity index is 1.29. The second-order valence-corrected chi connectivity index (χ2v) is 9.06. The molecule has 3 aromatic rings. The van der Waals surface area contributed by atoms with Crippen molar-refractivity contribution in [3.63, 3.8) is 0 Å². The summed E-state index contributed by atoms with van der Waals surface area (Å²) in [4.78, 5) is 40.8. The summed E-state index contributed by atoms with van der Waals surface area (Å²) >= 11 is 0. The van der Waals surface area contributed by atoms with Gasteiger partial charge < -0.3 is 20.3 Å². The SMILES string of the molecule is CCOc1ccc(C(NC(=O)CNC(=O)C2c3ccccc3C(=O)N2C2CC2)c2ccccc2)cc1. The van der Waals surface area contributed by atoms with Crippen LogP contribution in [0.2, 0.25) is 0 Å². The lowest BCUT2D eigenvalue weighted by Crippen LogP contribution is -2.44. The minimum atomic E-state index is -0.704. The van der Waals surface area contributed by atoms with Crippen LogP contribution in [0.1, 0.15) is 58.9 Å². The van der Waals surface area contributed by atoms with Crippen LogP contribution in [0, 0.1) is 0 Å². The number of benzene rings is 3. The van der Waals surface area contributed by atoms with Crippen molar-refractivity contribution >= 4 is 17.7 Å². The van der Waals surface area contributed by atoms with Gasteiger partial charge in [0.2, 0.25) is 11.8 Å². The van der Waals surface area contributed by atoms with Gasteiger partial charge in [-0.25, -0.2) is 0 Å². The molecule has 0 bridgehead atoms. The maximum atomic E-state index is 13.2. The molecule has 0 saturated heterocycles. The van der Waals surface area contributed by atoms with E-state index in [4.69, 9.17) is 4.74 Å². The number of rotatable bonds is 9. The van der Waals surface area contributed by atoms with Crippen molar-refractivity contribution in [2.45, 2.75) is 37.9 Å². The average molecular weight is 484 g/mol. The highest BCUT2D eigenvalue weighted by atomic mass is 16.5. The van der Waals surface area contributed by atoms with Crippen molar-refractivity contribution in [1.29, 1.82) is 0 Å². The van der Waals surface area contributed by atoms with Crippen LogP contribution in [0.4, 0.5) is 0 Å². The van der Waals surface area contributed by atoms with Crippen LogP contribution >= 0.6 is 0 Å². The number of carbonyl (C=O) groups excluding carboxylic acids is 3. The Kier molecular flexibility index (Phi) is 6.71. The lowest BCUT2D eigenvalue weighted by atomic mass is 9.98. The minimum Gasteiger partial charge on any atom is -0.494 e. The van der Waals surface area contributed by atoms with Crippen LogP contribution in [0.5, 0.6) is 5.75 Å². The molecule has 36 heavy (non-hydrogen) atoms. The number of hydrogen-bond acceptors (Lipinski definition) is 4. The van der Waals surface area contributed by atoms with Crippen LogP contribution in [-0.4, -0.2) is 41.8 Å². The lowest BCUT2D eigenvalue weighted by molar-refractivity contribution is -0.129. The van der Waals surface area contributed by atoms with Crippen molar-refractivity contribution in [1.82, 2.24) is 15.5 Å². The summed E-state index contributed by atoms with van der Waals surface area (Å²) in [6.07, 6.45) is 1.79. The van der Waals surface area contributed by atoms with E-state index >= 15 is 0 Å². The smallest absolute Gasteiger partial charge is 0.255 e. The van der Waals surface area contributed by atoms with Gasteiger partial charge >= 0.3 is 0 Å². The number of ether oxygens (including phenoxy) is 1. The van der Waals surface area contributed by atoms with E-state index in [0.717, 1.165) is 29.7 Å². The molecule has 0 aromatic heterocycles. The average Bonchev–Trinajstić information content (AvgIpc) is 3.71. The molecule has 0 radical (unpaired) electrons. The Bertz CT molecular complexity index is 1260. The van der Waals surface area contributed by atoms with E-state index in [-0.39, 0.29) is 36.3 Å². The predicted octanol–water partition coefficient (Wildman–Crippen LogP) is 3.77. The van der Waals surface area contributed by atoms with Gasteiger partial charge in [0.15, 0.2) is 0 Å². The normalized spacial score (nSPS) is 17.3. The van der Waals surface area contributed by atoms with Gasteiger partial charge in [0.1, 0.15) is 11.8 Å². The van der Waals surface area contributed by atoms with Gasteiger partial charge in [-0.1, -0.05) is 60.7 Å². The van der Waals surface area contributed by atoms with E-state index in [2.05, 4.69) is 10.6 Å². The summed E-state index contributed by atoms with van der Waals surface area (Å²) in [5.41, 5.74) is 3.09. The van der Waals surface area contributed by atoms with Gasteiger partial charge in [0.25, 0.3) is 5.91 Å². The maximum Gasteiger partial charge on any atom is 0.255 e. The highest BCUT2D eigenvalue weighted by Crippen LogP contribution is 2.41. The van der Waals surface area contributed by atoms with Gasteiger partial charge in [-0.05, 0) is 54.7 Å². The molecule has 3 aromatic carbocycles. The summed E-state index contributed by atoms with van der Waals surface area (Å²) < 4.78 is 5.54. The predicted molar refractivity (Wildman–Crippen MR) is 135 cm³/mol. The number of nitrogens with one attached hydrogen (secondary N) is 2. The summed E-state index contributed by atoms with van der Waals surface area (Å²) in [5, 5.41) is 5.81. The number of hydrogen-bond donors (Lipinski definition) is 2. The second-order valence-electron chi connectivity index (χ2n) is 9.06. The highest BCUT2D eigenvalue weighted by Gasteiger charge is 2.47. The first kappa shape index (κ1) is 23.6. The molecular formula is C29H29N3O4. The molecule has 7 heteroatoms. The molecule has 2 N–H and O–H groups in total. The highest BCUT2D eigenvalue weighted by molar-refractivity contribution is 6.05. The van der Waals surface area contributed by atoms with E-state index in [1.54, 1.807) is 17.0 Å². The summed E-state index contributed by atoms with van der Waals surface area (Å²) in [5.74, 6) is -0.00931. The monoisotopic (exact) mass is 483 g/mol. The first-order valence-corrected chi connectivity index (χ1v) is 12.3. The summed E-state index contributed by atoms with van der Waals surface area (Å²) in [6.45, 7) is 2.32. The fraction of sp³-hybridized carbons (Fsp3) is 0.276. The molecular weight excluding hydrogens is 454 g/mol. The minimum absolute atomic E-state index is 0.0802. The van der Waals surface area contributed by atoms with Crippen LogP contribution in [-0.2, 0) is 9.59 Å². The summed E-state index contributed by atoms with van der Waals surface area (Å²) in [7, 11) is 0. The van der Waals surface area contributed by atoms with Gasteiger partial charge in [-0.3, -0.25) is 14.4 Å². The van der Waals surface area contributed by atoms with Gasteiger partial charge in [0, 0.05) is 11.6 Å². The van der Waals surface area contributed by atoms with Crippen molar-refractivity contribution in [2.75, 3.05) is 13.2 Å². The first-order chi connectivity index (χ1) is 17.6. The Morgan fingerprint density at radius 2 is 1.61 bits per heavy atom. The molecule has 1 saturated carbocycles. The fourth-order valence-corrected chi connectivity index (χ4v) is 4.74. The third-order valence-corrected chi connectivity index (χ3v) is 6.57. The molecule has 2 aliphatic rings. The molecule has 2 unspecified atom stereocenters. The van der Waals surface area contributed by atoms with Crippen LogP contribution in [0.15, 0.2) is 78.9 Å². The quantitative estimate of drug-likeness (QED) is 0.485. The standard InChI is InChI=1S/C29H29N3O4/c1-2-36-22-16-12-20(13-17-22)26(19-8-4-3-5-9-19)31-25(33)18-30-28(34)27-23-10-6-7-11-24(23)29(35)32(27)21-14-15-21/h3-13,16-17,21,26-27H,2,14-15,18H2,1H3,(H,30,34)(H,31,33). The van der Waals surface area contributed by atoms with Crippen LogP contribution < -0.4 is 15.4 Å². The molecule has 7 nitrogen and oxygen atoms in total. The van der Waals surface area contributed by atoms with Crippen LogP contribution in [0.25, 0.3) is 0 Å². The summed E-state index contributed by atoms with van der Waals surface area (Å²) in [6, 6.07) is 23.5.